The molecule has 0 bridgehead atoms. The summed E-state index contributed by atoms with van der Waals surface area (Å²) in [6, 6.07) is 7.95. The molecule has 1 N–H and O–H groups in total. The Labute approximate surface area is 144 Å². The zero-order valence-corrected chi connectivity index (χ0v) is 15.0. The molecule has 1 saturated heterocycles. The molecule has 1 fully saturated rings. The Morgan fingerprint density at radius 2 is 1.88 bits per heavy atom. The molecule has 0 amide bonds. The van der Waals surface area contributed by atoms with E-state index in [0.717, 1.165) is 36.5 Å². The van der Waals surface area contributed by atoms with Crippen LogP contribution in [-0.4, -0.2) is 34.1 Å². The molecule has 2 aromatic rings. The molecule has 1 aliphatic heterocycles. The summed E-state index contributed by atoms with van der Waals surface area (Å²) in [4.78, 5) is 17.6. The van der Waals surface area contributed by atoms with Crippen molar-refractivity contribution in [2.45, 2.75) is 58.4 Å². The van der Waals surface area contributed by atoms with Crippen molar-refractivity contribution >= 4 is 11.0 Å². The Balaban J connectivity index is 1.42. The van der Waals surface area contributed by atoms with Crippen molar-refractivity contribution in [2.75, 3.05) is 19.6 Å². The van der Waals surface area contributed by atoms with E-state index in [2.05, 4.69) is 16.8 Å². The number of H-pyrrole nitrogens is 1. The number of aromatic nitrogens is 2. The number of hydrogen-bond acceptors (Lipinski definition) is 2. The lowest BCUT2D eigenvalue weighted by Gasteiger charge is -2.32. The van der Waals surface area contributed by atoms with Gasteiger partial charge in [0.25, 0.3) is 0 Å². The number of nitrogens with one attached hydrogen (secondary N) is 1. The van der Waals surface area contributed by atoms with E-state index in [4.69, 9.17) is 0 Å². The number of benzene rings is 1. The van der Waals surface area contributed by atoms with Crippen LogP contribution in [0.1, 0.15) is 51.9 Å². The van der Waals surface area contributed by atoms with Gasteiger partial charge in [-0.15, -0.1) is 0 Å². The molecular formula is C20H31N3O. The monoisotopic (exact) mass is 329 g/mol. The van der Waals surface area contributed by atoms with Gasteiger partial charge in [-0.25, -0.2) is 4.79 Å². The molecule has 0 spiro atoms. The molecule has 0 saturated carbocycles. The summed E-state index contributed by atoms with van der Waals surface area (Å²) in [7, 11) is 0. The van der Waals surface area contributed by atoms with E-state index in [1.165, 1.54) is 51.6 Å². The maximum Gasteiger partial charge on any atom is 0.326 e. The Bertz CT molecular complexity index is 679. The average molecular weight is 329 g/mol. The molecule has 0 unspecified atom stereocenters. The second-order valence-corrected chi connectivity index (χ2v) is 7.23. The Morgan fingerprint density at radius 1 is 1.08 bits per heavy atom. The van der Waals surface area contributed by atoms with Crippen LogP contribution in [0.4, 0.5) is 0 Å². The summed E-state index contributed by atoms with van der Waals surface area (Å²) in [5, 5.41) is 0. The molecule has 4 heteroatoms. The summed E-state index contributed by atoms with van der Waals surface area (Å²) >= 11 is 0. The molecule has 0 aliphatic carbocycles. The lowest BCUT2D eigenvalue weighted by molar-refractivity contribution is 0.173. The first kappa shape index (κ1) is 17.3. The van der Waals surface area contributed by atoms with Crippen LogP contribution in [0, 0.1) is 5.92 Å². The van der Waals surface area contributed by atoms with Gasteiger partial charge in [0, 0.05) is 6.54 Å². The van der Waals surface area contributed by atoms with E-state index in [1.54, 1.807) is 0 Å². The van der Waals surface area contributed by atoms with Crippen LogP contribution >= 0.6 is 0 Å². The second kappa shape index (κ2) is 8.52. The summed E-state index contributed by atoms with van der Waals surface area (Å²) in [5.41, 5.74) is 1.98. The maximum atomic E-state index is 12.1. The zero-order valence-electron chi connectivity index (χ0n) is 15.0. The van der Waals surface area contributed by atoms with Crippen LogP contribution in [0.5, 0.6) is 0 Å². The Hall–Kier alpha value is -1.55. The van der Waals surface area contributed by atoms with Crippen LogP contribution in [0.25, 0.3) is 11.0 Å². The quantitative estimate of drug-likeness (QED) is 0.743. The van der Waals surface area contributed by atoms with Gasteiger partial charge < -0.3 is 9.88 Å². The van der Waals surface area contributed by atoms with E-state index in [0.29, 0.717) is 0 Å². The Morgan fingerprint density at radius 3 is 2.67 bits per heavy atom. The van der Waals surface area contributed by atoms with Gasteiger partial charge in [0.2, 0.25) is 0 Å². The van der Waals surface area contributed by atoms with Crippen molar-refractivity contribution in [3.8, 4) is 0 Å². The van der Waals surface area contributed by atoms with Crippen LogP contribution in [-0.2, 0) is 6.54 Å². The highest BCUT2D eigenvalue weighted by Gasteiger charge is 2.18. The molecule has 2 heterocycles. The van der Waals surface area contributed by atoms with Crippen molar-refractivity contribution in [3.05, 3.63) is 34.7 Å². The number of unbranched alkanes of at least 4 members (excludes halogenated alkanes) is 2. The fourth-order valence-corrected chi connectivity index (χ4v) is 3.96. The van der Waals surface area contributed by atoms with E-state index >= 15 is 0 Å². The Kier molecular flexibility index (Phi) is 6.13. The second-order valence-electron chi connectivity index (χ2n) is 7.23. The first-order valence-electron chi connectivity index (χ1n) is 9.68. The normalized spacial score (nSPS) is 16.9. The lowest BCUT2D eigenvalue weighted by Crippen LogP contribution is -2.35. The first-order chi connectivity index (χ1) is 11.8. The third-order valence-electron chi connectivity index (χ3n) is 5.46. The third kappa shape index (κ3) is 4.29. The summed E-state index contributed by atoms with van der Waals surface area (Å²) in [6.45, 7) is 6.66. The van der Waals surface area contributed by atoms with E-state index < -0.39 is 0 Å². The van der Waals surface area contributed by atoms with Crippen molar-refractivity contribution in [3.63, 3.8) is 0 Å². The molecule has 0 atom stereocenters. The summed E-state index contributed by atoms with van der Waals surface area (Å²) in [5.74, 6) is 0.948. The van der Waals surface area contributed by atoms with Crippen LogP contribution in [0.2, 0.25) is 0 Å². The fraction of sp³-hybridized carbons (Fsp3) is 0.650. The lowest BCUT2D eigenvalue weighted by atomic mass is 9.91. The highest BCUT2D eigenvalue weighted by molar-refractivity contribution is 5.74. The summed E-state index contributed by atoms with van der Waals surface area (Å²) < 4.78 is 1.88. The van der Waals surface area contributed by atoms with Gasteiger partial charge >= 0.3 is 5.69 Å². The van der Waals surface area contributed by atoms with Crippen LogP contribution in [0.15, 0.2) is 29.1 Å². The van der Waals surface area contributed by atoms with Gasteiger partial charge in [-0.1, -0.05) is 44.7 Å². The number of aromatic amines is 1. The predicted molar refractivity (Wildman–Crippen MR) is 100 cm³/mol. The highest BCUT2D eigenvalue weighted by Crippen LogP contribution is 2.23. The minimum absolute atomic E-state index is 0.0193. The molecular weight excluding hydrogens is 298 g/mol. The van der Waals surface area contributed by atoms with Gasteiger partial charge in [-0.3, -0.25) is 4.57 Å². The third-order valence-corrected chi connectivity index (χ3v) is 5.46. The standard InChI is InChI=1S/C20H31N3O/c1-2-3-4-8-17-11-15-22(16-12-17)13-7-14-23-19-10-6-5-9-18(19)21-20(23)24/h5-6,9-10,17H,2-4,7-8,11-16H2,1H3,(H,21,24). The van der Waals surface area contributed by atoms with Crippen molar-refractivity contribution in [1.29, 1.82) is 0 Å². The molecule has 1 aliphatic rings. The number of aryl methyl sites for hydroxylation is 1. The predicted octanol–water partition coefficient (Wildman–Crippen LogP) is 4.01. The van der Waals surface area contributed by atoms with Crippen molar-refractivity contribution in [1.82, 2.24) is 14.5 Å². The van der Waals surface area contributed by atoms with E-state index in [-0.39, 0.29) is 5.69 Å². The summed E-state index contributed by atoms with van der Waals surface area (Å²) in [6.07, 6.45) is 9.30. The van der Waals surface area contributed by atoms with E-state index in [9.17, 15) is 4.79 Å². The number of nitrogens with zero attached hydrogens (tertiary/aromatic N) is 2. The van der Waals surface area contributed by atoms with Gasteiger partial charge in [0.15, 0.2) is 0 Å². The number of hydrogen-bond donors (Lipinski definition) is 1. The number of likely N-dealkylation sites (tertiary alicyclic amines) is 1. The molecule has 4 nitrogen and oxygen atoms in total. The van der Waals surface area contributed by atoms with Crippen LogP contribution < -0.4 is 5.69 Å². The van der Waals surface area contributed by atoms with Gasteiger partial charge in [-0.05, 0) is 56.9 Å². The number of para-hydroxylation sites is 2. The maximum absolute atomic E-state index is 12.1. The molecule has 1 aromatic heterocycles. The number of piperidine rings is 1. The fourth-order valence-electron chi connectivity index (χ4n) is 3.96. The van der Waals surface area contributed by atoms with Crippen molar-refractivity contribution < 1.29 is 0 Å². The average Bonchev–Trinajstić information content (AvgIpc) is 2.92. The van der Waals surface area contributed by atoms with Gasteiger partial charge in [0.05, 0.1) is 11.0 Å². The molecule has 3 rings (SSSR count). The highest BCUT2D eigenvalue weighted by atomic mass is 16.1. The molecule has 0 radical (unpaired) electrons. The minimum atomic E-state index is 0.0193. The molecule has 24 heavy (non-hydrogen) atoms. The topological polar surface area (TPSA) is 41.0 Å². The van der Waals surface area contributed by atoms with Crippen molar-refractivity contribution in [2.24, 2.45) is 5.92 Å². The minimum Gasteiger partial charge on any atom is -0.306 e. The molecule has 1 aromatic carbocycles. The number of imidazole rings is 1. The smallest absolute Gasteiger partial charge is 0.306 e. The zero-order chi connectivity index (χ0) is 16.8. The largest absolute Gasteiger partial charge is 0.326 e. The molecule has 132 valence electrons. The number of fused-ring (bicyclic) bond motifs is 1. The number of rotatable bonds is 8. The SMILES string of the molecule is CCCCCC1CCN(CCCn2c(=O)[nH]c3ccccc32)CC1. The van der Waals surface area contributed by atoms with Gasteiger partial charge in [0.1, 0.15) is 0 Å². The van der Waals surface area contributed by atoms with E-state index in [1.807, 2.05) is 28.8 Å². The van der Waals surface area contributed by atoms with Crippen LogP contribution in [0.3, 0.4) is 0 Å². The van der Waals surface area contributed by atoms with Gasteiger partial charge in [-0.2, -0.15) is 0 Å². The first-order valence-corrected chi connectivity index (χ1v) is 9.68.